The quantitative estimate of drug-likeness (QED) is 0.807. The highest BCUT2D eigenvalue weighted by molar-refractivity contribution is 7.89. The lowest BCUT2D eigenvalue weighted by Gasteiger charge is -2.18. The highest BCUT2D eigenvalue weighted by Gasteiger charge is 2.30. The monoisotopic (exact) mass is 374 g/mol. The van der Waals surface area contributed by atoms with Crippen molar-refractivity contribution in [3.63, 3.8) is 0 Å². The SMILES string of the molecule is COc1ccc(C(=O)N(C)Cc2ccccc2)cc1S(=O)(=O)NC1CC1. The molecule has 0 atom stereocenters. The zero-order chi connectivity index (χ0) is 18.7. The zero-order valence-electron chi connectivity index (χ0n) is 14.8. The summed E-state index contributed by atoms with van der Waals surface area (Å²) in [4.78, 5) is 14.3. The molecule has 0 saturated heterocycles. The molecule has 1 saturated carbocycles. The minimum atomic E-state index is -3.73. The Kier molecular flexibility index (Phi) is 5.29. The summed E-state index contributed by atoms with van der Waals surface area (Å²) in [7, 11) is -0.624. The molecule has 0 aromatic heterocycles. The van der Waals surface area contributed by atoms with Gasteiger partial charge in [0.15, 0.2) is 0 Å². The van der Waals surface area contributed by atoms with Crippen LogP contribution in [0.2, 0.25) is 0 Å². The molecule has 3 rings (SSSR count). The summed E-state index contributed by atoms with van der Waals surface area (Å²) in [6.07, 6.45) is 1.67. The van der Waals surface area contributed by atoms with Crippen LogP contribution in [-0.4, -0.2) is 39.4 Å². The van der Waals surface area contributed by atoms with Crippen LogP contribution in [0.25, 0.3) is 0 Å². The lowest BCUT2D eigenvalue weighted by Crippen LogP contribution is -2.28. The summed E-state index contributed by atoms with van der Waals surface area (Å²) in [6, 6.07) is 14.1. The van der Waals surface area contributed by atoms with E-state index in [0.717, 1.165) is 18.4 Å². The van der Waals surface area contributed by atoms with Crippen LogP contribution in [0.5, 0.6) is 5.75 Å². The van der Waals surface area contributed by atoms with Crippen LogP contribution < -0.4 is 9.46 Å². The Morgan fingerprint density at radius 2 is 1.88 bits per heavy atom. The maximum Gasteiger partial charge on any atom is 0.253 e. The van der Waals surface area contributed by atoms with Crippen molar-refractivity contribution < 1.29 is 17.9 Å². The highest BCUT2D eigenvalue weighted by Crippen LogP contribution is 2.28. The Morgan fingerprint density at radius 1 is 1.19 bits per heavy atom. The van der Waals surface area contributed by atoms with Gasteiger partial charge < -0.3 is 9.64 Å². The van der Waals surface area contributed by atoms with Crippen LogP contribution in [-0.2, 0) is 16.6 Å². The van der Waals surface area contributed by atoms with Gasteiger partial charge in [-0.2, -0.15) is 0 Å². The average molecular weight is 374 g/mol. The Hall–Kier alpha value is -2.38. The van der Waals surface area contributed by atoms with E-state index in [4.69, 9.17) is 4.74 Å². The molecular weight excluding hydrogens is 352 g/mol. The molecule has 1 fully saturated rings. The van der Waals surface area contributed by atoms with E-state index in [0.29, 0.717) is 12.1 Å². The van der Waals surface area contributed by atoms with E-state index in [1.165, 1.54) is 19.2 Å². The molecule has 6 nitrogen and oxygen atoms in total. The van der Waals surface area contributed by atoms with Gasteiger partial charge in [-0.1, -0.05) is 30.3 Å². The highest BCUT2D eigenvalue weighted by atomic mass is 32.2. The van der Waals surface area contributed by atoms with Crippen LogP contribution in [0.1, 0.15) is 28.8 Å². The summed E-state index contributed by atoms with van der Waals surface area (Å²) in [5.41, 5.74) is 1.31. The van der Waals surface area contributed by atoms with Gasteiger partial charge in [-0.15, -0.1) is 0 Å². The molecule has 0 aliphatic heterocycles. The number of benzene rings is 2. The molecule has 0 bridgehead atoms. The second kappa shape index (κ2) is 7.47. The molecule has 2 aromatic carbocycles. The molecule has 2 aromatic rings. The van der Waals surface area contributed by atoms with Gasteiger partial charge in [-0.05, 0) is 36.6 Å². The van der Waals surface area contributed by atoms with E-state index >= 15 is 0 Å². The third-order valence-corrected chi connectivity index (χ3v) is 5.75. The molecule has 0 spiro atoms. The number of amides is 1. The van der Waals surface area contributed by atoms with E-state index in [1.807, 2.05) is 30.3 Å². The van der Waals surface area contributed by atoms with Gasteiger partial charge >= 0.3 is 0 Å². The molecule has 0 heterocycles. The Labute approximate surface area is 153 Å². The van der Waals surface area contributed by atoms with Crippen LogP contribution in [0.15, 0.2) is 53.4 Å². The Morgan fingerprint density at radius 3 is 2.50 bits per heavy atom. The maximum atomic E-state index is 12.7. The lowest BCUT2D eigenvalue weighted by molar-refractivity contribution is 0.0785. The van der Waals surface area contributed by atoms with Crippen molar-refractivity contribution in [2.24, 2.45) is 0 Å². The van der Waals surface area contributed by atoms with E-state index in [9.17, 15) is 13.2 Å². The van der Waals surface area contributed by atoms with Crippen LogP contribution in [0, 0.1) is 0 Å². The van der Waals surface area contributed by atoms with E-state index in [-0.39, 0.29) is 22.6 Å². The fourth-order valence-electron chi connectivity index (χ4n) is 2.65. The first-order valence-electron chi connectivity index (χ1n) is 8.40. The van der Waals surface area contributed by atoms with Gasteiger partial charge in [0.05, 0.1) is 7.11 Å². The van der Waals surface area contributed by atoms with Crippen LogP contribution in [0.4, 0.5) is 0 Å². The van der Waals surface area contributed by atoms with Gasteiger partial charge in [0.1, 0.15) is 10.6 Å². The molecule has 1 amide bonds. The summed E-state index contributed by atoms with van der Waals surface area (Å²) >= 11 is 0. The van der Waals surface area contributed by atoms with Gasteiger partial charge in [0.25, 0.3) is 5.91 Å². The predicted octanol–water partition coefficient (Wildman–Crippen LogP) is 2.41. The molecule has 1 N–H and O–H groups in total. The number of sulfonamides is 1. The minimum Gasteiger partial charge on any atom is -0.495 e. The van der Waals surface area contributed by atoms with Gasteiger partial charge in [-0.25, -0.2) is 13.1 Å². The topological polar surface area (TPSA) is 75.7 Å². The molecule has 7 heteroatoms. The van der Waals surface area contributed by atoms with Crippen molar-refractivity contribution in [2.45, 2.75) is 30.3 Å². The average Bonchev–Trinajstić information content (AvgIpc) is 3.44. The second-order valence-electron chi connectivity index (χ2n) is 6.41. The number of hydrogen-bond donors (Lipinski definition) is 1. The molecule has 0 unspecified atom stereocenters. The van der Waals surface area contributed by atoms with Crippen molar-refractivity contribution in [2.75, 3.05) is 14.2 Å². The largest absolute Gasteiger partial charge is 0.495 e. The number of methoxy groups -OCH3 is 1. The number of nitrogens with one attached hydrogen (secondary N) is 1. The fraction of sp³-hybridized carbons (Fsp3) is 0.316. The number of rotatable bonds is 7. The first-order valence-corrected chi connectivity index (χ1v) is 9.89. The van der Waals surface area contributed by atoms with Crippen molar-refractivity contribution in [1.29, 1.82) is 0 Å². The maximum absolute atomic E-state index is 12.7. The molecular formula is C19H22N2O4S. The molecule has 0 radical (unpaired) electrons. The van der Waals surface area contributed by atoms with Gasteiger partial charge in [0, 0.05) is 25.2 Å². The van der Waals surface area contributed by atoms with Crippen molar-refractivity contribution in [3.05, 3.63) is 59.7 Å². The standard InChI is InChI=1S/C19H22N2O4S/c1-21(13-14-6-4-3-5-7-14)19(22)15-8-11-17(25-2)18(12-15)26(23,24)20-16-9-10-16/h3-8,11-12,16,20H,9-10,13H2,1-2H3. The summed E-state index contributed by atoms with van der Waals surface area (Å²) < 4.78 is 33.0. The molecule has 26 heavy (non-hydrogen) atoms. The number of nitrogens with zero attached hydrogens (tertiary/aromatic N) is 1. The molecule has 138 valence electrons. The molecule has 1 aliphatic carbocycles. The van der Waals surface area contributed by atoms with Crippen LogP contribution >= 0.6 is 0 Å². The first-order chi connectivity index (χ1) is 12.4. The van der Waals surface area contributed by atoms with E-state index in [2.05, 4.69) is 4.72 Å². The zero-order valence-corrected chi connectivity index (χ0v) is 15.6. The Balaban J connectivity index is 1.85. The number of carbonyl (C=O) groups excluding carboxylic acids is 1. The van der Waals surface area contributed by atoms with Gasteiger partial charge in [-0.3, -0.25) is 4.79 Å². The number of ether oxygens (including phenoxy) is 1. The summed E-state index contributed by atoms with van der Waals surface area (Å²) in [5, 5.41) is 0. The van der Waals surface area contributed by atoms with E-state index in [1.54, 1.807) is 18.0 Å². The number of hydrogen-bond acceptors (Lipinski definition) is 4. The number of carbonyl (C=O) groups is 1. The van der Waals surface area contributed by atoms with Crippen molar-refractivity contribution >= 4 is 15.9 Å². The fourth-order valence-corrected chi connectivity index (χ4v) is 4.15. The predicted molar refractivity (Wildman–Crippen MR) is 98.6 cm³/mol. The van der Waals surface area contributed by atoms with Crippen LogP contribution in [0.3, 0.4) is 0 Å². The normalized spacial score (nSPS) is 14.1. The summed E-state index contributed by atoms with van der Waals surface area (Å²) in [5.74, 6) is -0.0280. The van der Waals surface area contributed by atoms with Crippen molar-refractivity contribution in [3.8, 4) is 5.75 Å². The third-order valence-electron chi connectivity index (χ3n) is 4.21. The van der Waals surface area contributed by atoms with E-state index < -0.39 is 10.0 Å². The second-order valence-corrected chi connectivity index (χ2v) is 8.09. The Bertz CT molecular complexity index is 893. The van der Waals surface area contributed by atoms with Crippen molar-refractivity contribution in [1.82, 2.24) is 9.62 Å². The van der Waals surface area contributed by atoms with Gasteiger partial charge in [0.2, 0.25) is 10.0 Å². The summed E-state index contributed by atoms with van der Waals surface area (Å²) in [6.45, 7) is 0.439. The lowest BCUT2D eigenvalue weighted by atomic mass is 10.1. The minimum absolute atomic E-state index is 0.00846. The first kappa shape index (κ1) is 18.4. The smallest absolute Gasteiger partial charge is 0.253 e. The third kappa shape index (κ3) is 4.23. The molecule has 1 aliphatic rings.